The Morgan fingerprint density at radius 2 is 2.18 bits per heavy atom. The highest BCUT2D eigenvalue weighted by Gasteiger charge is 2.11. The first-order valence-electron chi connectivity index (χ1n) is 5.27. The molecule has 0 aromatic carbocycles. The molecule has 0 atom stereocenters. The zero-order valence-electron chi connectivity index (χ0n) is 9.62. The van der Waals surface area contributed by atoms with Crippen molar-refractivity contribution in [2.75, 3.05) is 0 Å². The van der Waals surface area contributed by atoms with Gasteiger partial charge in [0.1, 0.15) is 10.8 Å². The molecule has 0 fully saturated rings. The summed E-state index contributed by atoms with van der Waals surface area (Å²) >= 11 is 6.83. The topological polar surface area (TPSA) is 30.0 Å². The van der Waals surface area contributed by atoms with Crippen molar-refractivity contribution in [2.45, 2.75) is 26.7 Å². The van der Waals surface area contributed by atoms with Gasteiger partial charge in [-0.2, -0.15) is 0 Å². The Hall–Kier alpha value is -0.520. The Kier molecular flexibility index (Phi) is 4.12. The van der Waals surface area contributed by atoms with Crippen LogP contribution in [0.2, 0.25) is 0 Å². The summed E-state index contributed by atoms with van der Waals surface area (Å²) in [6, 6.07) is 4.10. The lowest BCUT2D eigenvalue weighted by Crippen LogP contribution is -1.93. The second-order valence-electron chi connectivity index (χ2n) is 3.83. The van der Waals surface area contributed by atoms with E-state index < -0.39 is 0 Å². The maximum Gasteiger partial charge on any atom is 0.133 e. The number of Topliss-reactive ketones (excluding diaryl/α,β-unsaturated/α-hetero) is 1. The summed E-state index contributed by atoms with van der Waals surface area (Å²) in [6.45, 7) is 3.64. The van der Waals surface area contributed by atoms with Crippen LogP contribution in [0, 0.1) is 6.92 Å². The average Bonchev–Trinajstić information content (AvgIpc) is 2.82. The minimum absolute atomic E-state index is 0.234. The molecule has 17 heavy (non-hydrogen) atoms. The molecule has 0 spiro atoms. The summed E-state index contributed by atoms with van der Waals surface area (Å²) in [7, 11) is 0. The largest absolute Gasteiger partial charge is 0.300 e. The van der Waals surface area contributed by atoms with Gasteiger partial charge < -0.3 is 4.79 Å². The minimum atomic E-state index is 0.234. The normalized spacial score (nSPS) is 10.8. The smallest absolute Gasteiger partial charge is 0.133 e. The zero-order valence-corrected chi connectivity index (χ0v) is 12.8. The molecule has 2 nitrogen and oxygen atoms in total. The van der Waals surface area contributed by atoms with E-state index in [2.05, 4.69) is 27.0 Å². The van der Waals surface area contributed by atoms with Crippen molar-refractivity contribution >= 4 is 44.4 Å². The highest BCUT2D eigenvalue weighted by molar-refractivity contribution is 9.11. The first-order valence-corrected chi connectivity index (χ1v) is 7.70. The highest BCUT2D eigenvalue weighted by Crippen LogP contribution is 2.35. The van der Waals surface area contributed by atoms with Gasteiger partial charge >= 0.3 is 0 Å². The lowest BCUT2D eigenvalue weighted by atomic mass is 10.2. The van der Waals surface area contributed by atoms with Gasteiger partial charge in [-0.1, -0.05) is 0 Å². The van der Waals surface area contributed by atoms with Crippen LogP contribution in [0.5, 0.6) is 0 Å². The number of aromatic nitrogens is 1. The van der Waals surface area contributed by atoms with Gasteiger partial charge in [-0.25, -0.2) is 4.98 Å². The molecule has 0 aliphatic rings. The molecule has 0 saturated carbocycles. The summed E-state index contributed by atoms with van der Waals surface area (Å²) in [5.41, 5.74) is 1.05. The summed E-state index contributed by atoms with van der Waals surface area (Å²) in [6.07, 6.45) is 1.42. The first-order chi connectivity index (χ1) is 8.06. The fourth-order valence-corrected chi connectivity index (χ4v) is 3.99. The molecular weight excluding hydrogens is 318 g/mol. The number of rotatable bonds is 4. The molecule has 5 heteroatoms. The molecule has 0 radical (unpaired) electrons. The summed E-state index contributed by atoms with van der Waals surface area (Å²) < 4.78 is 1.12. The van der Waals surface area contributed by atoms with Crippen molar-refractivity contribution in [3.05, 3.63) is 26.5 Å². The Labute approximate surface area is 117 Å². The Morgan fingerprint density at radius 3 is 2.76 bits per heavy atom. The predicted octanol–water partition coefficient (Wildman–Crippen LogP) is 4.46. The Balaban J connectivity index is 2.21. The number of thiazole rings is 1. The first kappa shape index (κ1) is 12.9. The van der Waals surface area contributed by atoms with E-state index in [1.807, 2.05) is 13.0 Å². The maximum atomic E-state index is 11.0. The molecule has 0 amide bonds. The third-order valence-electron chi connectivity index (χ3n) is 2.38. The molecule has 2 heterocycles. The molecule has 0 bridgehead atoms. The van der Waals surface area contributed by atoms with Crippen LogP contribution in [-0.2, 0) is 11.2 Å². The van der Waals surface area contributed by atoms with Crippen molar-refractivity contribution in [3.63, 3.8) is 0 Å². The van der Waals surface area contributed by atoms with Crippen LogP contribution in [-0.4, -0.2) is 10.8 Å². The van der Waals surface area contributed by atoms with Crippen LogP contribution >= 0.6 is 38.6 Å². The molecule has 0 aliphatic heterocycles. The molecule has 2 aromatic heterocycles. The van der Waals surface area contributed by atoms with E-state index in [1.165, 1.54) is 9.75 Å². The van der Waals surface area contributed by atoms with Crippen molar-refractivity contribution in [1.82, 2.24) is 4.98 Å². The van der Waals surface area contributed by atoms with E-state index in [4.69, 9.17) is 0 Å². The molecule has 0 saturated heterocycles. The molecule has 0 aliphatic carbocycles. The van der Waals surface area contributed by atoms with Crippen molar-refractivity contribution in [2.24, 2.45) is 0 Å². The lowest BCUT2D eigenvalue weighted by Gasteiger charge is -1.93. The standard InChI is InChI=1S/C12H12BrNOS2/c1-7(15)3-4-9-8(2)14-12(17-9)10-5-6-11(13)16-10/h5-6H,3-4H2,1-2H3. The van der Waals surface area contributed by atoms with E-state index in [-0.39, 0.29) is 5.78 Å². The maximum absolute atomic E-state index is 11.0. The molecule has 2 aromatic rings. The second-order valence-corrected chi connectivity index (χ2v) is 7.38. The van der Waals surface area contributed by atoms with Gasteiger partial charge in [0, 0.05) is 11.3 Å². The zero-order chi connectivity index (χ0) is 12.4. The monoisotopic (exact) mass is 329 g/mol. The third kappa shape index (κ3) is 3.24. The molecule has 90 valence electrons. The van der Waals surface area contributed by atoms with Crippen molar-refractivity contribution < 1.29 is 4.79 Å². The molecule has 0 unspecified atom stereocenters. The van der Waals surface area contributed by atoms with Crippen LogP contribution in [0.4, 0.5) is 0 Å². The van der Waals surface area contributed by atoms with Gasteiger partial charge in [0.2, 0.25) is 0 Å². The van der Waals surface area contributed by atoms with Gasteiger partial charge in [0.25, 0.3) is 0 Å². The van der Waals surface area contributed by atoms with Crippen LogP contribution < -0.4 is 0 Å². The summed E-state index contributed by atoms with van der Waals surface area (Å²) in [4.78, 5) is 18.0. The van der Waals surface area contributed by atoms with Gasteiger partial charge in [-0.05, 0) is 48.3 Å². The fourth-order valence-electron chi connectivity index (χ4n) is 1.48. The van der Waals surface area contributed by atoms with Crippen molar-refractivity contribution in [1.29, 1.82) is 0 Å². The minimum Gasteiger partial charge on any atom is -0.300 e. The SMILES string of the molecule is CC(=O)CCc1sc(-c2ccc(Br)s2)nc1C. The number of carbonyl (C=O) groups is 1. The molecular formula is C12H12BrNOS2. The number of ketones is 1. The molecule has 0 N–H and O–H groups in total. The van der Waals surface area contributed by atoms with E-state index >= 15 is 0 Å². The van der Waals surface area contributed by atoms with Crippen molar-refractivity contribution in [3.8, 4) is 9.88 Å². The Bertz CT molecular complexity index is 544. The molecule has 2 rings (SSSR count). The highest BCUT2D eigenvalue weighted by atomic mass is 79.9. The fraction of sp³-hybridized carbons (Fsp3) is 0.333. The van der Waals surface area contributed by atoms with Crippen LogP contribution in [0.15, 0.2) is 15.9 Å². The van der Waals surface area contributed by atoms with Gasteiger partial charge in [-0.3, -0.25) is 0 Å². The summed E-state index contributed by atoms with van der Waals surface area (Å²) in [5.74, 6) is 0.234. The van der Waals surface area contributed by atoms with Crippen LogP contribution in [0.1, 0.15) is 23.9 Å². The number of halogens is 1. The second kappa shape index (κ2) is 5.42. The Morgan fingerprint density at radius 1 is 1.41 bits per heavy atom. The number of hydrogen-bond acceptors (Lipinski definition) is 4. The van der Waals surface area contributed by atoms with E-state index in [0.717, 1.165) is 20.9 Å². The predicted molar refractivity (Wildman–Crippen MR) is 76.9 cm³/mol. The third-order valence-corrected chi connectivity index (χ3v) is 5.39. The van der Waals surface area contributed by atoms with Gasteiger partial charge in [0.15, 0.2) is 0 Å². The number of hydrogen-bond donors (Lipinski definition) is 0. The van der Waals surface area contributed by atoms with E-state index in [1.54, 1.807) is 29.6 Å². The van der Waals surface area contributed by atoms with E-state index in [9.17, 15) is 4.79 Å². The lowest BCUT2D eigenvalue weighted by molar-refractivity contribution is -0.116. The van der Waals surface area contributed by atoms with Gasteiger partial charge in [0.05, 0.1) is 14.4 Å². The quantitative estimate of drug-likeness (QED) is 0.828. The summed E-state index contributed by atoms with van der Waals surface area (Å²) in [5, 5.41) is 1.05. The van der Waals surface area contributed by atoms with E-state index in [0.29, 0.717) is 6.42 Å². The number of nitrogens with zero attached hydrogens (tertiary/aromatic N) is 1. The van der Waals surface area contributed by atoms with Gasteiger partial charge in [-0.15, -0.1) is 22.7 Å². The van der Waals surface area contributed by atoms with Crippen LogP contribution in [0.25, 0.3) is 9.88 Å². The average molecular weight is 330 g/mol. The number of aryl methyl sites for hydroxylation is 2. The van der Waals surface area contributed by atoms with Crippen LogP contribution in [0.3, 0.4) is 0 Å². The number of thiophene rings is 1. The number of carbonyl (C=O) groups excluding carboxylic acids is 1.